The first kappa shape index (κ1) is 19.2. The maximum atomic E-state index is 6.28. The third kappa shape index (κ3) is 5.97. The zero-order valence-corrected chi connectivity index (χ0v) is 17.1. The molecule has 0 aliphatic carbocycles. The summed E-state index contributed by atoms with van der Waals surface area (Å²) in [6.07, 6.45) is 3.59. The molecular formula is C20H26Cl2N2S. The van der Waals surface area contributed by atoms with E-state index in [4.69, 9.17) is 23.2 Å². The number of nitrogens with zero attached hydrogens (tertiary/aromatic N) is 2. The summed E-state index contributed by atoms with van der Waals surface area (Å²) in [5.41, 5.74) is 2.63. The van der Waals surface area contributed by atoms with E-state index in [9.17, 15) is 0 Å². The predicted octanol–water partition coefficient (Wildman–Crippen LogP) is 5.44. The van der Waals surface area contributed by atoms with E-state index in [-0.39, 0.29) is 0 Å². The lowest BCUT2D eigenvalue weighted by atomic mass is 9.96. The quantitative estimate of drug-likeness (QED) is 0.614. The molecule has 0 unspecified atom stereocenters. The summed E-state index contributed by atoms with van der Waals surface area (Å²) in [6.45, 7) is 5.74. The van der Waals surface area contributed by atoms with Crippen LogP contribution >= 0.6 is 34.5 Å². The largest absolute Gasteiger partial charge is 0.303 e. The van der Waals surface area contributed by atoms with Gasteiger partial charge in [-0.1, -0.05) is 29.3 Å². The van der Waals surface area contributed by atoms with E-state index in [1.807, 2.05) is 12.1 Å². The third-order valence-corrected chi connectivity index (χ3v) is 6.34. The summed E-state index contributed by atoms with van der Waals surface area (Å²) >= 11 is 14.0. The van der Waals surface area contributed by atoms with E-state index in [0.717, 1.165) is 30.5 Å². The predicted molar refractivity (Wildman–Crippen MR) is 110 cm³/mol. The van der Waals surface area contributed by atoms with Crippen LogP contribution in [0.5, 0.6) is 0 Å². The smallest absolute Gasteiger partial charge is 0.0453 e. The fraction of sp³-hybridized carbons (Fsp3) is 0.500. The van der Waals surface area contributed by atoms with Crippen LogP contribution in [0, 0.1) is 5.92 Å². The zero-order chi connectivity index (χ0) is 17.6. The molecule has 0 amide bonds. The topological polar surface area (TPSA) is 6.48 Å². The third-order valence-electron chi connectivity index (χ3n) is 5.02. The number of likely N-dealkylation sites (tertiary alicyclic amines) is 1. The SMILES string of the molecule is CN(Cc1ccsc1)CC1CCN(CCc2ccc(Cl)cc2Cl)CC1. The molecule has 0 radical (unpaired) electrons. The summed E-state index contributed by atoms with van der Waals surface area (Å²) in [6, 6.07) is 8.05. The first-order valence-corrected chi connectivity index (χ1v) is 10.7. The Morgan fingerprint density at radius 3 is 2.68 bits per heavy atom. The first-order chi connectivity index (χ1) is 12.1. The maximum Gasteiger partial charge on any atom is 0.0453 e. The highest BCUT2D eigenvalue weighted by Crippen LogP contribution is 2.23. The van der Waals surface area contributed by atoms with E-state index in [0.29, 0.717) is 5.02 Å². The van der Waals surface area contributed by atoms with Gasteiger partial charge < -0.3 is 9.80 Å². The Kier molecular flexibility index (Phi) is 7.20. The first-order valence-electron chi connectivity index (χ1n) is 8.96. The van der Waals surface area contributed by atoms with Gasteiger partial charge in [0.1, 0.15) is 0 Å². The second-order valence-electron chi connectivity index (χ2n) is 7.10. The van der Waals surface area contributed by atoms with Crippen LogP contribution in [0.15, 0.2) is 35.0 Å². The minimum Gasteiger partial charge on any atom is -0.303 e. The Morgan fingerprint density at radius 1 is 1.20 bits per heavy atom. The van der Waals surface area contributed by atoms with Gasteiger partial charge in [0, 0.05) is 29.7 Å². The second-order valence-corrected chi connectivity index (χ2v) is 8.72. The molecule has 0 atom stereocenters. The van der Waals surface area contributed by atoms with Crippen molar-refractivity contribution in [2.24, 2.45) is 5.92 Å². The van der Waals surface area contributed by atoms with E-state index in [2.05, 4.69) is 39.7 Å². The van der Waals surface area contributed by atoms with Crippen LogP contribution < -0.4 is 0 Å². The minimum absolute atomic E-state index is 0.709. The molecular weight excluding hydrogens is 371 g/mol. The highest BCUT2D eigenvalue weighted by atomic mass is 35.5. The van der Waals surface area contributed by atoms with E-state index in [1.165, 1.54) is 43.6 Å². The molecule has 25 heavy (non-hydrogen) atoms. The lowest BCUT2D eigenvalue weighted by Crippen LogP contribution is -2.38. The van der Waals surface area contributed by atoms with Gasteiger partial charge in [0.15, 0.2) is 0 Å². The van der Waals surface area contributed by atoms with Crippen molar-refractivity contribution in [1.82, 2.24) is 9.80 Å². The zero-order valence-electron chi connectivity index (χ0n) is 14.8. The van der Waals surface area contributed by atoms with Crippen molar-refractivity contribution >= 4 is 34.5 Å². The highest BCUT2D eigenvalue weighted by molar-refractivity contribution is 7.07. The molecule has 1 aliphatic rings. The second kappa shape index (κ2) is 9.38. The Balaban J connectivity index is 1.38. The van der Waals surface area contributed by atoms with Gasteiger partial charge in [0.2, 0.25) is 0 Å². The molecule has 0 saturated carbocycles. The van der Waals surface area contributed by atoms with Crippen LogP contribution in [0.3, 0.4) is 0 Å². The van der Waals surface area contributed by atoms with Gasteiger partial charge in [-0.05, 0) is 85.4 Å². The fourth-order valence-electron chi connectivity index (χ4n) is 3.60. The molecule has 1 fully saturated rings. The molecule has 0 spiro atoms. The van der Waals surface area contributed by atoms with Crippen LogP contribution in [0.25, 0.3) is 0 Å². The van der Waals surface area contributed by atoms with Gasteiger partial charge in [-0.25, -0.2) is 0 Å². The van der Waals surface area contributed by atoms with Crippen LogP contribution in [0.4, 0.5) is 0 Å². The molecule has 5 heteroatoms. The number of hydrogen-bond acceptors (Lipinski definition) is 3. The molecule has 1 aromatic carbocycles. The monoisotopic (exact) mass is 396 g/mol. The number of thiophene rings is 1. The lowest BCUT2D eigenvalue weighted by molar-refractivity contribution is 0.153. The van der Waals surface area contributed by atoms with E-state index >= 15 is 0 Å². The molecule has 2 aromatic rings. The fourth-order valence-corrected chi connectivity index (χ4v) is 4.76. The Hall–Kier alpha value is -0.580. The van der Waals surface area contributed by atoms with Crippen molar-refractivity contribution in [1.29, 1.82) is 0 Å². The molecule has 1 aromatic heterocycles. The van der Waals surface area contributed by atoms with Gasteiger partial charge in [-0.3, -0.25) is 0 Å². The number of halogens is 2. The van der Waals surface area contributed by atoms with Gasteiger partial charge in [0.25, 0.3) is 0 Å². The summed E-state index contributed by atoms with van der Waals surface area (Å²) < 4.78 is 0. The molecule has 136 valence electrons. The van der Waals surface area contributed by atoms with E-state index < -0.39 is 0 Å². The summed E-state index contributed by atoms with van der Waals surface area (Å²) in [5.74, 6) is 0.819. The van der Waals surface area contributed by atoms with Crippen molar-refractivity contribution in [2.75, 3.05) is 33.2 Å². The van der Waals surface area contributed by atoms with Crippen LogP contribution in [-0.2, 0) is 13.0 Å². The molecule has 1 aliphatic heterocycles. The summed E-state index contributed by atoms with van der Waals surface area (Å²) in [4.78, 5) is 5.04. The summed E-state index contributed by atoms with van der Waals surface area (Å²) in [5, 5.41) is 5.91. The Morgan fingerprint density at radius 2 is 2.00 bits per heavy atom. The average Bonchev–Trinajstić information content (AvgIpc) is 3.08. The van der Waals surface area contributed by atoms with Gasteiger partial charge in [-0.2, -0.15) is 11.3 Å². The van der Waals surface area contributed by atoms with Crippen molar-refractivity contribution in [2.45, 2.75) is 25.8 Å². The molecule has 3 rings (SSSR count). The Bertz CT molecular complexity index is 652. The van der Waals surface area contributed by atoms with Crippen LogP contribution in [-0.4, -0.2) is 43.0 Å². The number of benzene rings is 1. The van der Waals surface area contributed by atoms with Crippen LogP contribution in [0.1, 0.15) is 24.0 Å². The van der Waals surface area contributed by atoms with Crippen molar-refractivity contribution in [3.63, 3.8) is 0 Å². The molecule has 2 nitrogen and oxygen atoms in total. The number of piperidine rings is 1. The van der Waals surface area contributed by atoms with Crippen molar-refractivity contribution in [3.8, 4) is 0 Å². The van der Waals surface area contributed by atoms with Crippen LogP contribution in [0.2, 0.25) is 10.0 Å². The molecule has 0 bridgehead atoms. The molecule has 0 N–H and O–H groups in total. The average molecular weight is 397 g/mol. The summed E-state index contributed by atoms with van der Waals surface area (Å²) in [7, 11) is 2.24. The molecule has 1 saturated heterocycles. The Labute approximate surface area is 165 Å². The van der Waals surface area contributed by atoms with Crippen molar-refractivity contribution in [3.05, 3.63) is 56.2 Å². The van der Waals surface area contributed by atoms with Gasteiger partial charge >= 0.3 is 0 Å². The normalized spacial score (nSPS) is 16.6. The van der Waals surface area contributed by atoms with Gasteiger partial charge in [0.05, 0.1) is 0 Å². The van der Waals surface area contributed by atoms with Gasteiger partial charge in [-0.15, -0.1) is 0 Å². The highest BCUT2D eigenvalue weighted by Gasteiger charge is 2.20. The van der Waals surface area contributed by atoms with Crippen molar-refractivity contribution < 1.29 is 0 Å². The minimum atomic E-state index is 0.709. The number of rotatable bonds is 7. The standard InChI is InChI=1S/C20H26Cl2N2S/c1-23(14-17-7-11-25-15-17)13-16-4-8-24(9-5-16)10-6-18-2-3-19(21)12-20(18)22/h2-3,7,11-12,15-16H,4-6,8-10,13-14H2,1H3. The van der Waals surface area contributed by atoms with E-state index in [1.54, 1.807) is 11.3 Å². The maximum absolute atomic E-state index is 6.28. The lowest BCUT2D eigenvalue weighted by Gasteiger charge is -2.34. The number of hydrogen-bond donors (Lipinski definition) is 0. The molecule has 2 heterocycles.